The molecule has 4 fully saturated rings. The number of hydrogen-bond donors (Lipinski definition) is 0. The van der Waals surface area contributed by atoms with Gasteiger partial charge in [0.05, 0.1) is 0 Å². The van der Waals surface area contributed by atoms with Crippen LogP contribution in [0.1, 0.15) is 79.1 Å². The second-order valence-corrected chi connectivity index (χ2v) is 10.2. The van der Waals surface area contributed by atoms with Gasteiger partial charge in [0.25, 0.3) is 0 Å². The van der Waals surface area contributed by atoms with Gasteiger partial charge in [-0.2, -0.15) is 0 Å². The Bertz CT molecular complexity index is 584. The SMILES string of the molecule is CC(=O)O[C@@H]1CC[C@@H]2[C@H]3[C@H](C)C[C@H]4CC(=O)CC[C@]4(C)[C@H]3CC[C@@]21C. The third-order valence-electron chi connectivity index (χ3n) is 9.06. The summed E-state index contributed by atoms with van der Waals surface area (Å²) in [6.45, 7) is 8.87. The zero-order chi connectivity index (χ0) is 18.0. The average molecular weight is 347 g/mol. The lowest BCUT2D eigenvalue weighted by molar-refractivity contribution is -0.167. The Balaban J connectivity index is 1.63. The first-order valence-electron chi connectivity index (χ1n) is 10.4. The summed E-state index contributed by atoms with van der Waals surface area (Å²) >= 11 is 0. The lowest BCUT2D eigenvalue weighted by Gasteiger charge is -2.62. The second kappa shape index (κ2) is 5.82. The van der Waals surface area contributed by atoms with E-state index in [1.807, 2.05) is 0 Å². The summed E-state index contributed by atoms with van der Waals surface area (Å²) in [6.07, 6.45) is 8.72. The third kappa shape index (κ3) is 2.51. The minimum Gasteiger partial charge on any atom is -0.462 e. The highest BCUT2D eigenvalue weighted by molar-refractivity contribution is 5.79. The predicted octanol–water partition coefficient (Wildman–Crippen LogP) is 4.78. The zero-order valence-corrected chi connectivity index (χ0v) is 16.3. The van der Waals surface area contributed by atoms with Crippen molar-refractivity contribution in [2.75, 3.05) is 0 Å². The fourth-order valence-electron chi connectivity index (χ4n) is 7.77. The van der Waals surface area contributed by atoms with Gasteiger partial charge in [-0.3, -0.25) is 9.59 Å². The van der Waals surface area contributed by atoms with E-state index < -0.39 is 0 Å². The number of ether oxygens (including phenoxy) is 1. The van der Waals surface area contributed by atoms with Crippen molar-refractivity contribution in [2.45, 2.75) is 85.2 Å². The topological polar surface area (TPSA) is 43.4 Å². The summed E-state index contributed by atoms with van der Waals surface area (Å²) in [5, 5.41) is 0. The Morgan fingerprint density at radius 1 is 1.08 bits per heavy atom. The second-order valence-electron chi connectivity index (χ2n) is 10.2. The summed E-state index contributed by atoms with van der Waals surface area (Å²) in [4.78, 5) is 23.6. The molecule has 0 aromatic carbocycles. The van der Waals surface area contributed by atoms with Crippen molar-refractivity contribution in [3.8, 4) is 0 Å². The number of carbonyl (C=O) groups excluding carboxylic acids is 2. The quantitative estimate of drug-likeness (QED) is 0.642. The lowest BCUT2D eigenvalue weighted by Crippen LogP contribution is -2.56. The Hall–Kier alpha value is -0.860. The average Bonchev–Trinajstić information content (AvgIpc) is 2.85. The minimum atomic E-state index is -0.122. The molecule has 140 valence electrons. The Morgan fingerprint density at radius 2 is 1.80 bits per heavy atom. The first-order chi connectivity index (χ1) is 11.8. The smallest absolute Gasteiger partial charge is 0.302 e. The first kappa shape index (κ1) is 17.5. The first-order valence-corrected chi connectivity index (χ1v) is 10.4. The molecule has 0 bridgehead atoms. The molecule has 0 aromatic rings. The molecule has 4 aliphatic carbocycles. The number of fused-ring (bicyclic) bond motifs is 5. The van der Waals surface area contributed by atoms with Crippen LogP contribution in [0.15, 0.2) is 0 Å². The van der Waals surface area contributed by atoms with Crippen LogP contribution in [0, 0.1) is 40.4 Å². The van der Waals surface area contributed by atoms with Crippen LogP contribution < -0.4 is 0 Å². The maximum absolute atomic E-state index is 12.1. The molecule has 0 spiro atoms. The molecule has 3 nitrogen and oxygen atoms in total. The molecule has 0 heterocycles. The molecule has 3 heteroatoms. The molecule has 0 N–H and O–H groups in total. The van der Waals surface area contributed by atoms with Gasteiger partial charge in [0, 0.05) is 25.2 Å². The number of rotatable bonds is 1. The minimum absolute atomic E-state index is 0.113. The molecule has 4 rings (SSSR count). The highest BCUT2D eigenvalue weighted by Crippen LogP contribution is 2.67. The third-order valence-corrected chi connectivity index (χ3v) is 9.06. The molecule has 0 radical (unpaired) electrons. The van der Waals surface area contributed by atoms with Crippen LogP contribution in [-0.2, 0) is 14.3 Å². The van der Waals surface area contributed by atoms with E-state index in [2.05, 4.69) is 20.8 Å². The van der Waals surface area contributed by atoms with Crippen LogP contribution in [0.5, 0.6) is 0 Å². The van der Waals surface area contributed by atoms with E-state index >= 15 is 0 Å². The van der Waals surface area contributed by atoms with E-state index in [1.54, 1.807) is 6.92 Å². The molecular weight excluding hydrogens is 312 g/mol. The van der Waals surface area contributed by atoms with Crippen LogP contribution in [0.25, 0.3) is 0 Å². The largest absolute Gasteiger partial charge is 0.462 e. The molecular formula is C22H34O3. The van der Waals surface area contributed by atoms with E-state index in [0.717, 1.165) is 37.5 Å². The highest BCUT2D eigenvalue weighted by atomic mass is 16.5. The van der Waals surface area contributed by atoms with Crippen molar-refractivity contribution in [3.05, 3.63) is 0 Å². The fourth-order valence-corrected chi connectivity index (χ4v) is 7.77. The van der Waals surface area contributed by atoms with Crippen LogP contribution in [0.4, 0.5) is 0 Å². The van der Waals surface area contributed by atoms with Gasteiger partial charge >= 0.3 is 5.97 Å². The highest BCUT2D eigenvalue weighted by Gasteiger charge is 2.62. The molecule has 4 aliphatic rings. The van der Waals surface area contributed by atoms with E-state index in [-0.39, 0.29) is 17.5 Å². The fraction of sp³-hybridized carbons (Fsp3) is 0.909. The molecule has 25 heavy (non-hydrogen) atoms. The molecule has 8 atom stereocenters. The number of Topliss-reactive ketones (excluding diaryl/α,β-unsaturated/α-hetero) is 1. The van der Waals surface area contributed by atoms with Gasteiger partial charge < -0.3 is 4.74 Å². The van der Waals surface area contributed by atoms with Crippen molar-refractivity contribution in [3.63, 3.8) is 0 Å². The van der Waals surface area contributed by atoms with Gasteiger partial charge in [-0.15, -0.1) is 0 Å². The predicted molar refractivity (Wildman–Crippen MR) is 96.8 cm³/mol. The van der Waals surface area contributed by atoms with Gasteiger partial charge in [-0.1, -0.05) is 20.8 Å². The van der Waals surface area contributed by atoms with Crippen molar-refractivity contribution in [1.29, 1.82) is 0 Å². The summed E-state index contributed by atoms with van der Waals surface area (Å²) in [5.74, 6) is 3.83. The number of ketones is 1. The van der Waals surface area contributed by atoms with Gasteiger partial charge in [-0.25, -0.2) is 0 Å². The van der Waals surface area contributed by atoms with Crippen molar-refractivity contribution in [2.24, 2.45) is 40.4 Å². The van der Waals surface area contributed by atoms with Gasteiger partial charge in [0.15, 0.2) is 0 Å². The molecule has 0 amide bonds. The van der Waals surface area contributed by atoms with Crippen LogP contribution >= 0.6 is 0 Å². The van der Waals surface area contributed by atoms with Crippen LogP contribution in [-0.4, -0.2) is 17.9 Å². The van der Waals surface area contributed by atoms with Crippen molar-refractivity contribution in [1.82, 2.24) is 0 Å². The monoisotopic (exact) mass is 346 g/mol. The molecule has 0 unspecified atom stereocenters. The van der Waals surface area contributed by atoms with E-state index in [4.69, 9.17) is 4.74 Å². The maximum atomic E-state index is 12.1. The van der Waals surface area contributed by atoms with E-state index in [0.29, 0.717) is 29.0 Å². The Morgan fingerprint density at radius 3 is 2.52 bits per heavy atom. The zero-order valence-electron chi connectivity index (χ0n) is 16.3. The number of carbonyl (C=O) groups is 2. The molecule has 0 aliphatic heterocycles. The Labute approximate surface area is 152 Å². The standard InChI is InChI=1S/C22H34O3/c1-13-11-15-12-16(24)7-9-21(15,3)18-8-10-22(4)17(20(13)18)5-6-19(22)25-14(2)23/h13,15,17-20H,5-12H2,1-4H3/t13-,15+,17-,18+,19-,20-,21+,22+/m1/s1. The van der Waals surface area contributed by atoms with E-state index in [1.165, 1.54) is 25.7 Å². The maximum Gasteiger partial charge on any atom is 0.302 e. The summed E-state index contributed by atoms with van der Waals surface area (Å²) < 4.78 is 5.76. The summed E-state index contributed by atoms with van der Waals surface area (Å²) in [7, 11) is 0. The van der Waals surface area contributed by atoms with Gasteiger partial charge in [0.1, 0.15) is 11.9 Å². The molecule has 0 saturated heterocycles. The molecule has 4 saturated carbocycles. The summed E-state index contributed by atoms with van der Waals surface area (Å²) in [5.41, 5.74) is 0.515. The number of hydrogen-bond acceptors (Lipinski definition) is 3. The number of esters is 1. The summed E-state index contributed by atoms with van der Waals surface area (Å²) in [6, 6.07) is 0. The van der Waals surface area contributed by atoms with Gasteiger partial charge in [-0.05, 0) is 73.5 Å². The lowest BCUT2D eigenvalue weighted by atomic mass is 9.43. The van der Waals surface area contributed by atoms with E-state index in [9.17, 15) is 9.59 Å². The van der Waals surface area contributed by atoms with Crippen molar-refractivity contribution >= 4 is 11.8 Å². The van der Waals surface area contributed by atoms with Crippen LogP contribution in [0.2, 0.25) is 0 Å². The Kier molecular flexibility index (Phi) is 4.09. The van der Waals surface area contributed by atoms with Crippen LogP contribution in [0.3, 0.4) is 0 Å². The molecule has 0 aromatic heterocycles. The normalized spacial score (nSPS) is 52.1. The van der Waals surface area contributed by atoms with Gasteiger partial charge in [0.2, 0.25) is 0 Å². The van der Waals surface area contributed by atoms with Crippen molar-refractivity contribution < 1.29 is 14.3 Å².